The van der Waals surface area contributed by atoms with Gasteiger partial charge < -0.3 is 10.6 Å². The van der Waals surface area contributed by atoms with Gasteiger partial charge in [0.25, 0.3) is 0 Å². The van der Waals surface area contributed by atoms with Crippen molar-refractivity contribution in [2.24, 2.45) is 11.8 Å². The molecule has 2 aromatic heterocycles. The van der Waals surface area contributed by atoms with Crippen molar-refractivity contribution < 1.29 is 4.79 Å². The molecule has 2 aromatic rings. The minimum Gasteiger partial charge on any atom is -0.384 e. The molecular weight excluding hydrogens is 374 g/mol. The number of piperidine rings is 2. The number of anilines is 1. The number of nitrogens with two attached hydrogens (primary N) is 1. The fourth-order valence-corrected chi connectivity index (χ4v) is 4.66. The maximum atomic E-state index is 13.1. The van der Waals surface area contributed by atoms with E-state index in [1.54, 1.807) is 6.20 Å². The molecule has 6 heteroatoms. The Morgan fingerprint density at radius 3 is 2.40 bits per heavy atom. The third kappa shape index (κ3) is 4.87. The van der Waals surface area contributed by atoms with Crippen LogP contribution in [0.5, 0.6) is 0 Å². The van der Waals surface area contributed by atoms with Crippen molar-refractivity contribution in [3.05, 3.63) is 60.6 Å². The number of carbonyl (C=O) groups is 1. The molecule has 0 aliphatic carbocycles. The molecule has 6 nitrogen and oxygen atoms in total. The first-order valence-corrected chi connectivity index (χ1v) is 10.9. The lowest BCUT2D eigenvalue weighted by atomic mass is 9.87. The minimum atomic E-state index is 0.152. The number of pyridine rings is 2. The summed E-state index contributed by atoms with van der Waals surface area (Å²) < 4.78 is 0. The van der Waals surface area contributed by atoms with Crippen LogP contribution in [0.25, 0.3) is 5.57 Å². The zero-order valence-electron chi connectivity index (χ0n) is 17.5. The van der Waals surface area contributed by atoms with E-state index in [0.29, 0.717) is 17.6 Å². The molecule has 4 heterocycles. The van der Waals surface area contributed by atoms with Gasteiger partial charge >= 0.3 is 0 Å². The standard InChI is InChI=1S/C24H31N5O/c1-18(22-4-2-3-10-26-22)20-8-14-29(15-9-20)24(30)21-6-12-28(13-7-21)17-19-5-11-27-23(25)16-19/h2-5,10-11,16,20-21H,1,6-9,12-15,17H2,(H2,25,27). The number of nitrogens with zero attached hydrogens (tertiary/aromatic N) is 4. The molecule has 2 N–H and O–H groups in total. The van der Waals surface area contributed by atoms with Crippen LogP contribution < -0.4 is 5.73 Å². The van der Waals surface area contributed by atoms with Gasteiger partial charge in [-0.1, -0.05) is 12.6 Å². The first kappa shape index (κ1) is 20.5. The quantitative estimate of drug-likeness (QED) is 0.827. The van der Waals surface area contributed by atoms with E-state index in [1.165, 1.54) is 5.56 Å². The molecule has 0 bridgehead atoms. The molecule has 2 saturated heterocycles. The summed E-state index contributed by atoms with van der Waals surface area (Å²) in [6.07, 6.45) is 7.38. The summed E-state index contributed by atoms with van der Waals surface area (Å²) in [7, 11) is 0. The number of hydrogen-bond acceptors (Lipinski definition) is 5. The number of nitrogen functional groups attached to an aromatic ring is 1. The summed E-state index contributed by atoms with van der Waals surface area (Å²) in [5, 5.41) is 0. The van der Waals surface area contributed by atoms with E-state index in [9.17, 15) is 4.79 Å². The van der Waals surface area contributed by atoms with Gasteiger partial charge in [-0.2, -0.15) is 0 Å². The topological polar surface area (TPSA) is 75.4 Å². The van der Waals surface area contributed by atoms with Crippen molar-refractivity contribution in [2.45, 2.75) is 32.2 Å². The number of aromatic nitrogens is 2. The highest BCUT2D eigenvalue weighted by Crippen LogP contribution is 2.31. The Kier molecular flexibility index (Phi) is 6.43. The molecule has 0 radical (unpaired) electrons. The maximum absolute atomic E-state index is 13.1. The average molecular weight is 406 g/mol. The highest BCUT2D eigenvalue weighted by molar-refractivity contribution is 5.79. The Hall–Kier alpha value is -2.73. The normalized spacial score (nSPS) is 19.0. The first-order valence-electron chi connectivity index (χ1n) is 10.9. The molecule has 4 rings (SSSR count). The molecule has 0 saturated carbocycles. The van der Waals surface area contributed by atoms with E-state index in [0.717, 1.165) is 69.7 Å². The number of rotatable bonds is 5. The molecule has 2 aliphatic rings. The monoisotopic (exact) mass is 405 g/mol. The van der Waals surface area contributed by atoms with E-state index in [2.05, 4.69) is 26.3 Å². The largest absolute Gasteiger partial charge is 0.384 e. The first-order chi connectivity index (χ1) is 14.6. The molecule has 0 unspecified atom stereocenters. The second-order valence-electron chi connectivity index (χ2n) is 8.48. The summed E-state index contributed by atoms with van der Waals surface area (Å²) in [4.78, 5) is 26.0. The van der Waals surface area contributed by atoms with Gasteiger partial charge in [0.1, 0.15) is 5.82 Å². The van der Waals surface area contributed by atoms with Crippen molar-refractivity contribution in [2.75, 3.05) is 31.9 Å². The summed E-state index contributed by atoms with van der Waals surface area (Å²) in [5.74, 6) is 1.47. The van der Waals surface area contributed by atoms with Crippen molar-refractivity contribution in [3.63, 3.8) is 0 Å². The number of amides is 1. The Balaban J connectivity index is 1.24. The van der Waals surface area contributed by atoms with Crippen LogP contribution in [0, 0.1) is 11.8 Å². The Morgan fingerprint density at radius 2 is 1.73 bits per heavy atom. The van der Waals surface area contributed by atoms with Gasteiger partial charge in [-0.25, -0.2) is 4.98 Å². The predicted octanol–water partition coefficient (Wildman–Crippen LogP) is 3.22. The molecule has 2 aliphatic heterocycles. The lowest BCUT2D eigenvalue weighted by molar-refractivity contribution is -0.138. The zero-order chi connectivity index (χ0) is 20.9. The van der Waals surface area contributed by atoms with Crippen LogP contribution in [0.2, 0.25) is 0 Å². The third-order valence-corrected chi connectivity index (χ3v) is 6.48. The average Bonchev–Trinajstić information content (AvgIpc) is 2.79. The van der Waals surface area contributed by atoms with Crippen molar-refractivity contribution in [1.82, 2.24) is 19.8 Å². The van der Waals surface area contributed by atoms with Gasteiger partial charge in [0, 0.05) is 37.9 Å². The Morgan fingerprint density at radius 1 is 1.00 bits per heavy atom. The SMILES string of the molecule is C=C(c1ccccn1)C1CCN(C(=O)C2CCN(Cc3ccnc(N)c3)CC2)CC1. The van der Waals surface area contributed by atoms with Gasteiger partial charge in [0.05, 0.1) is 5.69 Å². The second kappa shape index (κ2) is 9.39. The van der Waals surface area contributed by atoms with Crippen LogP contribution in [0.4, 0.5) is 5.82 Å². The fourth-order valence-electron chi connectivity index (χ4n) is 4.66. The van der Waals surface area contributed by atoms with E-state index >= 15 is 0 Å². The van der Waals surface area contributed by atoms with Gasteiger partial charge in [-0.05, 0) is 80.1 Å². The lowest BCUT2D eigenvalue weighted by Gasteiger charge is -2.37. The van der Waals surface area contributed by atoms with Crippen molar-refractivity contribution >= 4 is 17.3 Å². The highest BCUT2D eigenvalue weighted by atomic mass is 16.2. The molecule has 0 spiro atoms. The number of hydrogen-bond donors (Lipinski definition) is 1. The lowest BCUT2D eigenvalue weighted by Crippen LogP contribution is -2.45. The predicted molar refractivity (Wildman–Crippen MR) is 119 cm³/mol. The number of likely N-dealkylation sites (tertiary alicyclic amines) is 2. The summed E-state index contributed by atoms with van der Waals surface area (Å²) in [6, 6.07) is 9.89. The Labute approximate surface area is 178 Å². The van der Waals surface area contributed by atoms with E-state index in [1.807, 2.05) is 36.5 Å². The summed E-state index contributed by atoms with van der Waals surface area (Å²) >= 11 is 0. The van der Waals surface area contributed by atoms with Crippen LogP contribution >= 0.6 is 0 Å². The van der Waals surface area contributed by atoms with Gasteiger partial charge in [0.2, 0.25) is 5.91 Å². The molecule has 2 fully saturated rings. The summed E-state index contributed by atoms with van der Waals surface area (Å²) in [5.41, 5.74) is 9.05. The van der Waals surface area contributed by atoms with Crippen molar-refractivity contribution in [3.8, 4) is 0 Å². The second-order valence-corrected chi connectivity index (χ2v) is 8.48. The summed E-state index contributed by atoms with van der Waals surface area (Å²) in [6.45, 7) is 8.69. The van der Waals surface area contributed by atoms with E-state index < -0.39 is 0 Å². The minimum absolute atomic E-state index is 0.152. The molecule has 158 valence electrons. The Bertz CT molecular complexity index is 868. The number of carbonyl (C=O) groups excluding carboxylic acids is 1. The van der Waals surface area contributed by atoms with E-state index in [-0.39, 0.29) is 5.92 Å². The number of allylic oxidation sites excluding steroid dienone is 1. The zero-order valence-corrected chi connectivity index (χ0v) is 17.5. The van der Waals surface area contributed by atoms with Crippen LogP contribution in [0.3, 0.4) is 0 Å². The van der Waals surface area contributed by atoms with Gasteiger partial charge in [-0.15, -0.1) is 0 Å². The highest BCUT2D eigenvalue weighted by Gasteiger charge is 2.31. The van der Waals surface area contributed by atoms with Crippen molar-refractivity contribution in [1.29, 1.82) is 0 Å². The molecule has 30 heavy (non-hydrogen) atoms. The third-order valence-electron chi connectivity index (χ3n) is 6.48. The molecule has 0 aromatic carbocycles. The van der Waals surface area contributed by atoms with Crippen LogP contribution in [-0.4, -0.2) is 51.9 Å². The van der Waals surface area contributed by atoms with Crippen LogP contribution in [-0.2, 0) is 11.3 Å². The molecular formula is C24H31N5O. The van der Waals surface area contributed by atoms with E-state index in [4.69, 9.17) is 5.73 Å². The fraction of sp³-hybridized carbons (Fsp3) is 0.458. The van der Waals surface area contributed by atoms with Crippen LogP contribution in [0.15, 0.2) is 49.3 Å². The molecule has 1 amide bonds. The van der Waals surface area contributed by atoms with Gasteiger partial charge in [0.15, 0.2) is 0 Å². The van der Waals surface area contributed by atoms with Crippen LogP contribution in [0.1, 0.15) is 36.9 Å². The molecule has 0 atom stereocenters. The maximum Gasteiger partial charge on any atom is 0.225 e. The smallest absolute Gasteiger partial charge is 0.225 e. The van der Waals surface area contributed by atoms with Gasteiger partial charge in [-0.3, -0.25) is 14.7 Å².